The molecule has 3 rings (SSSR count). The van der Waals surface area contributed by atoms with Crippen LogP contribution in [-0.4, -0.2) is 28.9 Å². The van der Waals surface area contributed by atoms with Crippen LogP contribution in [0.4, 0.5) is 5.82 Å². The first-order chi connectivity index (χ1) is 10.2. The summed E-state index contributed by atoms with van der Waals surface area (Å²) in [6.07, 6.45) is 3.08. The summed E-state index contributed by atoms with van der Waals surface area (Å²) < 4.78 is 6.97. The highest BCUT2D eigenvalue weighted by atomic mass is 35.5. The van der Waals surface area contributed by atoms with Gasteiger partial charge >= 0.3 is 0 Å². The number of halogens is 1. The van der Waals surface area contributed by atoms with E-state index in [0.29, 0.717) is 29.8 Å². The first kappa shape index (κ1) is 14.1. The highest BCUT2D eigenvalue weighted by Gasteiger charge is 2.19. The van der Waals surface area contributed by atoms with Crippen LogP contribution >= 0.6 is 11.6 Å². The van der Waals surface area contributed by atoms with Crippen LogP contribution in [0.1, 0.15) is 12.8 Å². The van der Waals surface area contributed by atoms with Crippen molar-refractivity contribution < 1.29 is 9.53 Å². The Morgan fingerprint density at radius 1 is 1.38 bits per heavy atom. The van der Waals surface area contributed by atoms with Gasteiger partial charge in [-0.25, -0.2) is 4.68 Å². The maximum Gasteiger partial charge on any atom is 0.225 e. The van der Waals surface area contributed by atoms with E-state index in [1.165, 1.54) is 0 Å². The Morgan fingerprint density at radius 3 is 2.90 bits per heavy atom. The Morgan fingerprint density at radius 2 is 2.19 bits per heavy atom. The van der Waals surface area contributed by atoms with Gasteiger partial charge in [0.15, 0.2) is 0 Å². The number of amides is 1. The minimum Gasteiger partial charge on any atom is -0.381 e. The molecule has 1 amide bonds. The van der Waals surface area contributed by atoms with E-state index in [2.05, 4.69) is 10.4 Å². The third-order valence-corrected chi connectivity index (χ3v) is 3.73. The standard InChI is InChI=1S/C15H16ClN3O2/c16-12-1-3-13(4-2-12)19-14(5-7-17-19)18-15(20)9-11-6-8-21-10-11/h1-5,7,11H,6,8-10H2,(H,18,20)/t11-/m0/s1. The molecule has 110 valence electrons. The van der Waals surface area contributed by atoms with Crippen LogP contribution in [0.25, 0.3) is 5.69 Å². The maximum absolute atomic E-state index is 12.1. The Bertz CT molecular complexity index is 618. The van der Waals surface area contributed by atoms with Gasteiger partial charge in [-0.1, -0.05) is 11.6 Å². The molecule has 1 atom stereocenters. The number of nitrogens with zero attached hydrogens (tertiary/aromatic N) is 2. The quantitative estimate of drug-likeness (QED) is 0.945. The number of carbonyl (C=O) groups is 1. The van der Waals surface area contributed by atoms with Crippen molar-refractivity contribution in [2.24, 2.45) is 5.92 Å². The second kappa shape index (κ2) is 6.28. The van der Waals surface area contributed by atoms with E-state index >= 15 is 0 Å². The van der Waals surface area contributed by atoms with Crippen LogP contribution in [0.2, 0.25) is 5.02 Å². The van der Waals surface area contributed by atoms with Gasteiger partial charge in [0.1, 0.15) is 5.82 Å². The molecule has 0 saturated carbocycles. The van der Waals surface area contributed by atoms with Crippen molar-refractivity contribution >= 4 is 23.3 Å². The molecule has 5 nitrogen and oxygen atoms in total. The van der Waals surface area contributed by atoms with Gasteiger partial charge in [0.25, 0.3) is 0 Å². The number of benzene rings is 1. The smallest absolute Gasteiger partial charge is 0.225 e. The van der Waals surface area contributed by atoms with E-state index in [1.807, 2.05) is 12.1 Å². The number of hydrogen-bond donors (Lipinski definition) is 1. The average molecular weight is 306 g/mol. The molecule has 2 heterocycles. The van der Waals surface area contributed by atoms with Crippen molar-refractivity contribution in [3.63, 3.8) is 0 Å². The Balaban J connectivity index is 1.70. The molecule has 0 spiro atoms. The topological polar surface area (TPSA) is 56.1 Å². The molecule has 0 radical (unpaired) electrons. The molecule has 21 heavy (non-hydrogen) atoms. The molecule has 1 saturated heterocycles. The zero-order chi connectivity index (χ0) is 14.7. The van der Waals surface area contributed by atoms with Crippen molar-refractivity contribution in [3.8, 4) is 5.69 Å². The van der Waals surface area contributed by atoms with Crippen molar-refractivity contribution in [1.29, 1.82) is 0 Å². The zero-order valence-electron chi connectivity index (χ0n) is 11.5. The number of ether oxygens (including phenoxy) is 1. The van der Waals surface area contributed by atoms with Crippen molar-refractivity contribution in [3.05, 3.63) is 41.6 Å². The Hall–Kier alpha value is -1.85. The van der Waals surface area contributed by atoms with Crippen LogP contribution in [0.15, 0.2) is 36.5 Å². The van der Waals surface area contributed by atoms with Gasteiger partial charge < -0.3 is 10.1 Å². The fraction of sp³-hybridized carbons (Fsp3) is 0.333. The second-order valence-corrected chi connectivity index (χ2v) is 5.52. The largest absolute Gasteiger partial charge is 0.381 e. The minimum absolute atomic E-state index is 0.0128. The lowest BCUT2D eigenvalue weighted by molar-refractivity contribution is -0.117. The molecule has 1 aromatic carbocycles. The van der Waals surface area contributed by atoms with Gasteiger partial charge in [0.2, 0.25) is 5.91 Å². The summed E-state index contributed by atoms with van der Waals surface area (Å²) in [5.41, 5.74) is 0.851. The molecular formula is C15H16ClN3O2. The van der Waals surface area contributed by atoms with Crippen LogP contribution in [0.3, 0.4) is 0 Å². The number of rotatable bonds is 4. The van der Waals surface area contributed by atoms with E-state index in [1.54, 1.807) is 29.1 Å². The number of nitrogens with one attached hydrogen (secondary N) is 1. The third kappa shape index (κ3) is 3.43. The van der Waals surface area contributed by atoms with E-state index < -0.39 is 0 Å². The minimum atomic E-state index is -0.0128. The Labute approximate surface area is 127 Å². The number of hydrogen-bond acceptors (Lipinski definition) is 3. The predicted molar refractivity (Wildman–Crippen MR) is 80.7 cm³/mol. The van der Waals surface area contributed by atoms with Gasteiger partial charge in [-0.3, -0.25) is 4.79 Å². The first-order valence-electron chi connectivity index (χ1n) is 6.90. The molecule has 1 N–H and O–H groups in total. The Kier molecular flexibility index (Phi) is 4.22. The van der Waals surface area contributed by atoms with Crippen molar-refractivity contribution in [1.82, 2.24) is 9.78 Å². The molecule has 1 fully saturated rings. The second-order valence-electron chi connectivity index (χ2n) is 5.09. The highest BCUT2D eigenvalue weighted by molar-refractivity contribution is 6.30. The maximum atomic E-state index is 12.1. The van der Waals surface area contributed by atoms with E-state index in [4.69, 9.17) is 16.3 Å². The molecule has 1 aliphatic heterocycles. The van der Waals surface area contributed by atoms with Crippen LogP contribution in [-0.2, 0) is 9.53 Å². The van der Waals surface area contributed by atoms with Gasteiger partial charge in [0.05, 0.1) is 11.9 Å². The van der Waals surface area contributed by atoms with Gasteiger partial charge in [-0.2, -0.15) is 5.10 Å². The summed E-state index contributed by atoms with van der Waals surface area (Å²) >= 11 is 5.88. The van der Waals surface area contributed by atoms with Crippen LogP contribution < -0.4 is 5.32 Å². The lowest BCUT2D eigenvalue weighted by atomic mass is 10.1. The average Bonchev–Trinajstić information content (AvgIpc) is 3.11. The summed E-state index contributed by atoms with van der Waals surface area (Å²) in [7, 11) is 0. The summed E-state index contributed by atoms with van der Waals surface area (Å²) in [5.74, 6) is 0.958. The van der Waals surface area contributed by atoms with Gasteiger partial charge in [-0.05, 0) is 36.6 Å². The molecule has 2 aromatic rings. The van der Waals surface area contributed by atoms with Gasteiger partial charge in [0, 0.05) is 30.7 Å². The monoisotopic (exact) mass is 305 g/mol. The first-order valence-corrected chi connectivity index (χ1v) is 7.28. The van der Waals surface area contributed by atoms with Crippen molar-refractivity contribution in [2.75, 3.05) is 18.5 Å². The number of carbonyl (C=O) groups excluding carboxylic acids is 1. The van der Waals surface area contributed by atoms with E-state index in [0.717, 1.165) is 18.7 Å². The number of aromatic nitrogens is 2. The molecular weight excluding hydrogens is 290 g/mol. The van der Waals surface area contributed by atoms with E-state index in [-0.39, 0.29) is 5.91 Å². The zero-order valence-corrected chi connectivity index (χ0v) is 12.2. The van der Waals surface area contributed by atoms with Crippen LogP contribution in [0.5, 0.6) is 0 Å². The highest BCUT2D eigenvalue weighted by Crippen LogP contribution is 2.20. The van der Waals surface area contributed by atoms with E-state index in [9.17, 15) is 4.79 Å². The third-order valence-electron chi connectivity index (χ3n) is 3.48. The fourth-order valence-electron chi connectivity index (χ4n) is 2.39. The summed E-state index contributed by atoms with van der Waals surface area (Å²) in [6.45, 7) is 1.42. The fourth-order valence-corrected chi connectivity index (χ4v) is 2.51. The lowest BCUT2D eigenvalue weighted by Crippen LogP contribution is -2.18. The number of anilines is 1. The summed E-state index contributed by atoms with van der Waals surface area (Å²) in [4.78, 5) is 12.1. The predicted octanol–water partition coefficient (Wildman–Crippen LogP) is 2.89. The molecule has 1 aromatic heterocycles. The molecule has 0 bridgehead atoms. The molecule has 6 heteroatoms. The lowest BCUT2D eigenvalue weighted by Gasteiger charge is -2.11. The van der Waals surface area contributed by atoms with Crippen LogP contribution in [0, 0.1) is 5.92 Å². The normalized spacial score (nSPS) is 17.9. The SMILES string of the molecule is O=C(C[C@@H]1CCOC1)Nc1ccnn1-c1ccc(Cl)cc1. The van der Waals surface area contributed by atoms with Gasteiger partial charge in [-0.15, -0.1) is 0 Å². The summed E-state index contributed by atoms with van der Waals surface area (Å²) in [5, 5.41) is 7.80. The molecule has 1 aliphatic rings. The van der Waals surface area contributed by atoms with Crippen molar-refractivity contribution in [2.45, 2.75) is 12.8 Å². The molecule has 0 unspecified atom stereocenters. The summed E-state index contributed by atoms with van der Waals surface area (Å²) in [6, 6.07) is 9.07. The molecule has 0 aliphatic carbocycles.